The van der Waals surface area contributed by atoms with Crippen LogP contribution in [0.1, 0.15) is 24.0 Å². The average Bonchev–Trinajstić information content (AvgIpc) is 2.65. The van der Waals surface area contributed by atoms with Gasteiger partial charge in [0.05, 0.1) is 11.4 Å². The van der Waals surface area contributed by atoms with Gasteiger partial charge >= 0.3 is 0 Å². The number of benzene rings is 1. The van der Waals surface area contributed by atoms with Crippen molar-refractivity contribution in [3.05, 3.63) is 41.3 Å². The summed E-state index contributed by atoms with van der Waals surface area (Å²) in [6.07, 6.45) is 1.06. The SMILES string of the molecule is CCc1ccc(-c2nc(C)n(C)c2CN)cc1. The van der Waals surface area contributed by atoms with Crippen LogP contribution in [0.25, 0.3) is 11.3 Å². The van der Waals surface area contributed by atoms with Gasteiger partial charge in [-0.05, 0) is 18.9 Å². The third-order valence-corrected chi connectivity index (χ3v) is 3.27. The summed E-state index contributed by atoms with van der Waals surface area (Å²) in [6, 6.07) is 8.55. The Kier molecular flexibility index (Phi) is 3.29. The summed E-state index contributed by atoms with van der Waals surface area (Å²) in [6.45, 7) is 4.68. The normalized spacial score (nSPS) is 10.8. The predicted molar refractivity (Wildman–Crippen MR) is 70.7 cm³/mol. The summed E-state index contributed by atoms with van der Waals surface area (Å²) < 4.78 is 2.06. The number of aryl methyl sites for hydroxylation is 2. The van der Waals surface area contributed by atoms with Crippen molar-refractivity contribution in [2.75, 3.05) is 0 Å². The molecule has 90 valence electrons. The monoisotopic (exact) mass is 229 g/mol. The summed E-state index contributed by atoms with van der Waals surface area (Å²) >= 11 is 0. The molecule has 2 aromatic rings. The second-order valence-corrected chi connectivity index (χ2v) is 4.27. The van der Waals surface area contributed by atoms with Gasteiger partial charge in [-0.25, -0.2) is 4.98 Å². The van der Waals surface area contributed by atoms with Gasteiger partial charge in [0.2, 0.25) is 0 Å². The van der Waals surface area contributed by atoms with Crippen LogP contribution in [-0.2, 0) is 20.0 Å². The second kappa shape index (κ2) is 4.72. The maximum atomic E-state index is 5.80. The van der Waals surface area contributed by atoms with Crippen molar-refractivity contribution in [1.82, 2.24) is 9.55 Å². The molecular weight excluding hydrogens is 210 g/mol. The molecule has 0 aliphatic rings. The van der Waals surface area contributed by atoms with Crippen LogP contribution in [0.3, 0.4) is 0 Å². The maximum absolute atomic E-state index is 5.80. The van der Waals surface area contributed by atoms with Crippen LogP contribution in [-0.4, -0.2) is 9.55 Å². The molecule has 0 amide bonds. The summed E-state index contributed by atoms with van der Waals surface area (Å²) in [5.41, 5.74) is 10.4. The Balaban J connectivity index is 2.48. The maximum Gasteiger partial charge on any atom is 0.106 e. The van der Waals surface area contributed by atoms with Crippen molar-refractivity contribution >= 4 is 0 Å². The largest absolute Gasteiger partial charge is 0.334 e. The predicted octanol–water partition coefficient (Wildman–Crippen LogP) is 2.42. The molecule has 0 bridgehead atoms. The first-order chi connectivity index (χ1) is 8.17. The van der Waals surface area contributed by atoms with Crippen LogP contribution < -0.4 is 5.73 Å². The topological polar surface area (TPSA) is 43.8 Å². The fourth-order valence-electron chi connectivity index (χ4n) is 2.02. The number of hydrogen-bond donors (Lipinski definition) is 1. The highest BCUT2D eigenvalue weighted by molar-refractivity contribution is 5.62. The van der Waals surface area contributed by atoms with Crippen LogP contribution in [0, 0.1) is 6.92 Å². The van der Waals surface area contributed by atoms with Crippen LogP contribution in [0.4, 0.5) is 0 Å². The highest BCUT2D eigenvalue weighted by atomic mass is 15.1. The van der Waals surface area contributed by atoms with Gasteiger partial charge in [-0.2, -0.15) is 0 Å². The first-order valence-corrected chi connectivity index (χ1v) is 5.99. The molecule has 0 radical (unpaired) electrons. The first-order valence-electron chi connectivity index (χ1n) is 5.99. The fourth-order valence-corrected chi connectivity index (χ4v) is 2.02. The van der Waals surface area contributed by atoms with Crippen molar-refractivity contribution in [1.29, 1.82) is 0 Å². The molecule has 0 spiro atoms. The van der Waals surface area contributed by atoms with Crippen LogP contribution >= 0.6 is 0 Å². The van der Waals surface area contributed by atoms with E-state index in [0.29, 0.717) is 6.54 Å². The molecule has 0 unspecified atom stereocenters. The molecule has 0 aliphatic carbocycles. The average molecular weight is 229 g/mol. The Morgan fingerprint density at radius 1 is 1.24 bits per heavy atom. The van der Waals surface area contributed by atoms with Crippen molar-refractivity contribution in [2.24, 2.45) is 12.8 Å². The van der Waals surface area contributed by atoms with Gasteiger partial charge in [0.15, 0.2) is 0 Å². The number of imidazole rings is 1. The van der Waals surface area contributed by atoms with E-state index >= 15 is 0 Å². The zero-order valence-electron chi connectivity index (χ0n) is 10.7. The minimum atomic E-state index is 0.516. The Hall–Kier alpha value is -1.61. The molecule has 2 rings (SSSR count). The van der Waals surface area contributed by atoms with Gasteiger partial charge in [-0.3, -0.25) is 0 Å². The third-order valence-electron chi connectivity index (χ3n) is 3.27. The summed E-state index contributed by atoms with van der Waals surface area (Å²) in [4.78, 5) is 4.59. The van der Waals surface area contributed by atoms with Crippen LogP contribution in [0.15, 0.2) is 24.3 Å². The number of hydrogen-bond acceptors (Lipinski definition) is 2. The first kappa shape index (κ1) is 11.9. The highest BCUT2D eigenvalue weighted by Crippen LogP contribution is 2.23. The molecule has 0 saturated carbocycles. The third kappa shape index (κ3) is 2.11. The lowest BCUT2D eigenvalue weighted by Crippen LogP contribution is -2.05. The number of nitrogens with two attached hydrogens (primary N) is 1. The zero-order chi connectivity index (χ0) is 12.4. The van der Waals surface area contributed by atoms with E-state index in [0.717, 1.165) is 29.2 Å². The van der Waals surface area contributed by atoms with Crippen molar-refractivity contribution in [3.8, 4) is 11.3 Å². The molecule has 0 fully saturated rings. The molecule has 2 N–H and O–H groups in total. The number of rotatable bonds is 3. The van der Waals surface area contributed by atoms with Gasteiger partial charge in [0.25, 0.3) is 0 Å². The quantitative estimate of drug-likeness (QED) is 0.878. The van der Waals surface area contributed by atoms with Gasteiger partial charge in [0, 0.05) is 19.2 Å². The molecule has 1 heterocycles. The van der Waals surface area contributed by atoms with Gasteiger partial charge in [-0.15, -0.1) is 0 Å². The minimum absolute atomic E-state index is 0.516. The summed E-state index contributed by atoms with van der Waals surface area (Å²) in [5, 5.41) is 0. The second-order valence-electron chi connectivity index (χ2n) is 4.27. The molecule has 0 aliphatic heterocycles. The van der Waals surface area contributed by atoms with Gasteiger partial charge in [-0.1, -0.05) is 31.2 Å². The molecule has 1 aromatic carbocycles. The Bertz CT molecular complexity index is 509. The molecule has 17 heavy (non-hydrogen) atoms. The van der Waals surface area contributed by atoms with E-state index in [1.807, 2.05) is 14.0 Å². The standard InChI is InChI=1S/C14H19N3/c1-4-11-5-7-12(8-6-11)14-13(9-15)17(3)10(2)16-14/h5-8H,4,9,15H2,1-3H3. The van der Waals surface area contributed by atoms with E-state index in [1.54, 1.807) is 0 Å². The number of nitrogens with zero attached hydrogens (tertiary/aromatic N) is 2. The summed E-state index contributed by atoms with van der Waals surface area (Å²) in [5.74, 6) is 1.00. The molecule has 1 aromatic heterocycles. The molecule has 3 heteroatoms. The lowest BCUT2D eigenvalue weighted by molar-refractivity contribution is 0.789. The molecule has 0 saturated heterocycles. The van der Waals surface area contributed by atoms with E-state index in [9.17, 15) is 0 Å². The minimum Gasteiger partial charge on any atom is -0.334 e. The van der Waals surface area contributed by atoms with E-state index in [1.165, 1.54) is 5.56 Å². The van der Waals surface area contributed by atoms with Gasteiger partial charge < -0.3 is 10.3 Å². The van der Waals surface area contributed by atoms with Crippen LogP contribution in [0.2, 0.25) is 0 Å². The Labute approximate surface area is 102 Å². The lowest BCUT2D eigenvalue weighted by atomic mass is 10.1. The number of aromatic nitrogens is 2. The molecule has 0 atom stereocenters. The van der Waals surface area contributed by atoms with E-state index in [4.69, 9.17) is 5.73 Å². The lowest BCUT2D eigenvalue weighted by Gasteiger charge is -2.04. The van der Waals surface area contributed by atoms with Gasteiger partial charge in [0.1, 0.15) is 5.82 Å². The molecular formula is C14H19N3. The Morgan fingerprint density at radius 2 is 1.88 bits per heavy atom. The van der Waals surface area contributed by atoms with Crippen molar-refractivity contribution in [3.63, 3.8) is 0 Å². The van der Waals surface area contributed by atoms with E-state index in [2.05, 4.69) is 40.7 Å². The fraction of sp³-hybridized carbons (Fsp3) is 0.357. The van der Waals surface area contributed by atoms with Crippen molar-refractivity contribution < 1.29 is 0 Å². The Morgan fingerprint density at radius 3 is 2.41 bits per heavy atom. The molecule has 3 nitrogen and oxygen atoms in total. The van der Waals surface area contributed by atoms with Crippen molar-refractivity contribution in [2.45, 2.75) is 26.8 Å². The zero-order valence-corrected chi connectivity index (χ0v) is 10.7. The van der Waals surface area contributed by atoms with E-state index in [-0.39, 0.29) is 0 Å². The van der Waals surface area contributed by atoms with E-state index < -0.39 is 0 Å². The van der Waals surface area contributed by atoms with Crippen LogP contribution in [0.5, 0.6) is 0 Å². The highest BCUT2D eigenvalue weighted by Gasteiger charge is 2.12. The summed E-state index contributed by atoms with van der Waals surface area (Å²) in [7, 11) is 2.01. The smallest absolute Gasteiger partial charge is 0.106 e.